The number of benzene rings is 2. The van der Waals surface area contributed by atoms with Gasteiger partial charge >= 0.3 is 6.36 Å². The van der Waals surface area contributed by atoms with Gasteiger partial charge in [-0.1, -0.05) is 30.3 Å². The Morgan fingerprint density at radius 3 is 2.55 bits per heavy atom. The number of rotatable bonds is 5. The van der Waals surface area contributed by atoms with Crippen molar-refractivity contribution in [2.75, 3.05) is 25.0 Å². The molecule has 1 aromatic heterocycles. The van der Waals surface area contributed by atoms with Crippen LogP contribution in [0.4, 0.5) is 19.2 Å². The fraction of sp³-hybridized carbons (Fsp3) is 0.364. The molecule has 2 heterocycles. The van der Waals surface area contributed by atoms with E-state index in [-0.39, 0.29) is 24.1 Å². The lowest BCUT2D eigenvalue weighted by Crippen LogP contribution is -2.41. The zero-order valence-electron chi connectivity index (χ0n) is 16.9. The van der Waals surface area contributed by atoms with Crippen LogP contribution in [0.5, 0.6) is 5.75 Å². The second-order valence-corrected chi connectivity index (χ2v) is 7.58. The summed E-state index contributed by atoms with van der Waals surface area (Å²) in [6.07, 6.45) is -3.55. The minimum Gasteiger partial charge on any atom is -0.423 e. The number of fused-ring (bicyclic) bond motifs is 1. The molecule has 0 aliphatic carbocycles. The number of amides is 1. The van der Waals surface area contributed by atoms with Crippen LogP contribution in [-0.2, 0) is 11.3 Å². The maximum Gasteiger partial charge on any atom is 0.573 e. The maximum absolute atomic E-state index is 12.9. The molecule has 164 valence electrons. The van der Waals surface area contributed by atoms with E-state index in [0.717, 1.165) is 11.1 Å². The molecular formula is C22H22F3N3O3. The number of carbonyl (C=O) groups excluding carboxylic acids is 1. The summed E-state index contributed by atoms with van der Waals surface area (Å²) >= 11 is 0. The summed E-state index contributed by atoms with van der Waals surface area (Å²) in [7, 11) is 1.60. The number of alkyl halides is 3. The topological polar surface area (TPSA) is 58.8 Å². The van der Waals surface area contributed by atoms with Crippen LogP contribution in [0.25, 0.3) is 11.1 Å². The molecule has 1 aliphatic heterocycles. The van der Waals surface area contributed by atoms with Crippen molar-refractivity contribution in [2.24, 2.45) is 5.92 Å². The van der Waals surface area contributed by atoms with Crippen LogP contribution in [0, 0.1) is 5.92 Å². The Morgan fingerprint density at radius 2 is 1.84 bits per heavy atom. The van der Waals surface area contributed by atoms with E-state index in [1.54, 1.807) is 13.1 Å². The lowest BCUT2D eigenvalue weighted by atomic mass is 9.95. The van der Waals surface area contributed by atoms with Gasteiger partial charge in [-0.05, 0) is 31.0 Å². The van der Waals surface area contributed by atoms with Crippen LogP contribution in [0.1, 0.15) is 18.4 Å². The van der Waals surface area contributed by atoms with E-state index >= 15 is 0 Å². The van der Waals surface area contributed by atoms with Crippen LogP contribution >= 0.6 is 0 Å². The van der Waals surface area contributed by atoms with Crippen molar-refractivity contribution in [3.8, 4) is 5.75 Å². The number of carbonyl (C=O) groups is 1. The van der Waals surface area contributed by atoms with Crippen molar-refractivity contribution in [1.82, 2.24) is 9.88 Å². The number of ether oxygens (including phenoxy) is 1. The van der Waals surface area contributed by atoms with Gasteiger partial charge in [0.05, 0.1) is 0 Å². The van der Waals surface area contributed by atoms with Gasteiger partial charge in [-0.2, -0.15) is 4.98 Å². The summed E-state index contributed by atoms with van der Waals surface area (Å²) < 4.78 is 47.8. The Labute approximate surface area is 177 Å². The average molecular weight is 433 g/mol. The standard InChI is InChI=1S/C22H22F3N3O3/c1-27(14-16-6-2-4-8-18(16)31-22(23,24)25)20(29)15-10-12-28(13-11-15)21-26-17-7-3-5-9-19(17)30-21/h2-9,15H,10-14H2,1H3. The van der Waals surface area contributed by atoms with Gasteiger partial charge in [0.2, 0.25) is 5.91 Å². The number of piperidine rings is 1. The smallest absolute Gasteiger partial charge is 0.423 e. The molecule has 2 aromatic carbocycles. The van der Waals surface area contributed by atoms with E-state index in [0.29, 0.717) is 37.5 Å². The molecule has 1 amide bonds. The van der Waals surface area contributed by atoms with E-state index in [2.05, 4.69) is 9.72 Å². The molecule has 4 rings (SSSR count). The first-order valence-electron chi connectivity index (χ1n) is 9.99. The number of anilines is 1. The third kappa shape index (κ3) is 4.92. The second-order valence-electron chi connectivity index (χ2n) is 7.58. The monoisotopic (exact) mass is 433 g/mol. The molecule has 1 saturated heterocycles. The van der Waals surface area contributed by atoms with Gasteiger partial charge in [-0.3, -0.25) is 4.79 Å². The zero-order chi connectivity index (χ0) is 22.0. The minimum atomic E-state index is -4.78. The Bertz CT molecular complexity index is 1030. The highest BCUT2D eigenvalue weighted by Gasteiger charge is 2.33. The van der Waals surface area contributed by atoms with Crippen molar-refractivity contribution >= 4 is 23.0 Å². The van der Waals surface area contributed by atoms with Gasteiger partial charge in [0.1, 0.15) is 11.3 Å². The fourth-order valence-corrected chi connectivity index (χ4v) is 3.82. The highest BCUT2D eigenvalue weighted by Crippen LogP contribution is 2.29. The molecule has 0 unspecified atom stereocenters. The molecule has 9 heteroatoms. The zero-order valence-corrected chi connectivity index (χ0v) is 16.9. The largest absolute Gasteiger partial charge is 0.573 e. The SMILES string of the molecule is CN(Cc1ccccc1OC(F)(F)F)C(=O)C1CCN(c2nc3ccccc3o2)CC1. The molecule has 0 spiro atoms. The van der Waals surface area contributed by atoms with E-state index in [1.165, 1.54) is 23.1 Å². The van der Waals surface area contributed by atoms with E-state index in [4.69, 9.17) is 4.42 Å². The predicted molar refractivity (Wildman–Crippen MR) is 109 cm³/mol. The van der Waals surface area contributed by atoms with Crippen molar-refractivity contribution in [3.05, 3.63) is 54.1 Å². The first-order chi connectivity index (χ1) is 14.8. The number of halogens is 3. The van der Waals surface area contributed by atoms with Gasteiger partial charge in [0.25, 0.3) is 6.01 Å². The third-order valence-corrected chi connectivity index (χ3v) is 5.38. The van der Waals surface area contributed by atoms with Crippen molar-refractivity contribution in [1.29, 1.82) is 0 Å². The van der Waals surface area contributed by atoms with Crippen LogP contribution in [0.15, 0.2) is 52.9 Å². The molecule has 31 heavy (non-hydrogen) atoms. The first-order valence-corrected chi connectivity index (χ1v) is 9.99. The van der Waals surface area contributed by atoms with Crippen molar-refractivity contribution < 1.29 is 27.1 Å². The van der Waals surface area contributed by atoms with Crippen LogP contribution in [-0.4, -0.2) is 42.3 Å². The Balaban J connectivity index is 1.36. The van der Waals surface area contributed by atoms with Crippen molar-refractivity contribution in [2.45, 2.75) is 25.7 Å². The highest BCUT2D eigenvalue weighted by atomic mass is 19.4. The van der Waals surface area contributed by atoms with E-state index in [1.807, 2.05) is 29.2 Å². The second kappa shape index (κ2) is 8.49. The van der Waals surface area contributed by atoms with E-state index in [9.17, 15) is 18.0 Å². The van der Waals surface area contributed by atoms with Gasteiger partial charge in [-0.15, -0.1) is 13.2 Å². The quantitative estimate of drug-likeness (QED) is 0.589. The third-order valence-electron chi connectivity index (χ3n) is 5.38. The normalized spacial score (nSPS) is 15.3. The van der Waals surface area contributed by atoms with Crippen molar-refractivity contribution in [3.63, 3.8) is 0 Å². The van der Waals surface area contributed by atoms with Crippen LogP contribution in [0.2, 0.25) is 0 Å². The summed E-state index contributed by atoms with van der Waals surface area (Å²) in [5.74, 6) is -0.596. The number of nitrogens with zero attached hydrogens (tertiary/aromatic N) is 3. The maximum atomic E-state index is 12.9. The predicted octanol–water partition coefficient (Wildman–Crippen LogP) is 4.60. The number of para-hydroxylation sites is 3. The summed E-state index contributed by atoms with van der Waals surface area (Å²) in [5.41, 5.74) is 1.81. The molecule has 6 nitrogen and oxygen atoms in total. The Morgan fingerprint density at radius 1 is 1.16 bits per heavy atom. The number of oxazole rings is 1. The van der Waals surface area contributed by atoms with Gasteiger partial charge in [0, 0.05) is 38.2 Å². The first kappa shape index (κ1) is 21.0. The minimum absolute atomic E-state index is 0.0381. The summed E-state index contributed by atoms with van der Waals surface area (Å²) in [6.45, 7) is 1.27. The lowest BCUT2D eigenvalue weighted by molar-refractivity contribution is -0.275. The van der Waals surface area contributed by atoms with Gasteiger partial charge in [-0.25, -0.2) is 0 Å². The molecule has 0 saturated carbocycles. The van der Waals surface area contributed by atoms with Gasteiger partial charge in [0.15, 0.2) is 5.58 Å². The Kier molecular flexibility index (Phi) is 5.75. The number of hydrogen-bond donors (Lipinski definition) is 0. The highest BCUT2D eigenvalue weighted by molar-refractivity contribution is 5.79. The molecule has 0 atom stereocenters. The van der Waals surface area contributed by atoms with Gasteiger partial charge < -0.3 is 19.0 Å². The van der Waals surface area contributed by atoms with Crippen LogP contribution < -0.4 is 9.64 Å². The molecule has 0 N–H and O–H groups in total. The molecule has 1 aliphatic rings. The molecular weight excluding hydrogens is 411 g/mol. The molecule has 1 fully saturated rings. The number of aromatic nitrogens is 1. The Hall–Kier alpha value is -3.23. The number of hydrogen-bond acceptors (Lipinski definition) is 5. The summed E-state index contributed by atoms with van der Waals surface area (Å²) in [6, 6.07) is 13.9. The average Bonchev–Trinajstić information content (AvgIpc) is 3.18. The molecule has 0 radical (unpaired) electrons. The summed E-state index contributed by atoms with van der Waals surface area (Å²) in [5, 5.41) is 0. The summed E-state index contributed by atoms with van der Waals surface area (Å²) in [4.78, 5) is 20.8. The fourth-order valence-electron chi connectivity index (χ4n) is 3.82. The molecule has 0 bridgehead atoms. The van der Waals surface area contributed by atoms with E-state index < -0.39 is 6.36 Å². The van der Waals surface area contributed by atoms with Crippen LogP contribution in [0.3, 0.4) is 0 Å². The lowest BCUT2D eigenvalue weighted by Gasteiger charge is -2.32. The molecule has 3 aromatic rings.